The fraction of sp³-hybridized carbons (Fsp3) is 0.393. The van der Waals surface area contributed by atoms with Crippen molar-refractivity contribution in [2.75, 3.05) is 29.3 Å². The fourth-order valence-corrected chi connectivity index (χ4v) is 7.37. The van der Waals surface area contributed by atoms with Crippen molar-refractivity contribution in [1.82, 2.24) is 9.88 Å². The molecule has 0 spiro atoms. The van der Waals surface area contributed by atoms with Crippen LogP contribution in [0.15, 0.2) is 79.0 Å². The van der Waals surface area contributed by atoms with Gasteiger partial charge in [0.2, 0.25) is 20.0 Å². The summed E-state index contributed by atoms with van der Waals surface area (Å²) in [6.45, 7) is 2.58. The number of rotatable bonds is 15. The molecule has 0 amide bonds. The summed E-state index contributed by atoms with van der Waals surface area (Å²) >= 11 is 0. The Balaban J connectivity index is 1.60. The van der Waals surface area contributed by atoms with Crippen LogP contribution in [0.2, 0.25) is 0 Å². The smallest absolute Gasteiger partial charge is 0.245 e. The maximum Gasteiger partial charge on any atom is 0.245 e. The molecule has 0 saturated heterocycles. The molecular formula is C28H37N3O4S2. The molecule has 0 fully saturated rings. The molecule has 3 aromatic rings. The average molecular weight is 544 g/mol. The number of sulfonamides is 2. The highest BCUT2D eigenvalue weighted by Gasteiger charge is 2.27. The summed E-state index contributed by atoms with van der Waals surface area (Å²) in [5, 5.41) is 0. The van der Waals surface area contributed by atoms with Crippen molar-refractivity contribution < 1.29 is 16.8 Å². The molecule has 0 atom stereocenters. The van der Waals surface area contributed by atoms with Crippen molar-refractivity contribution in [3.63, 3.8) is 0 Å². The molecule has 3 rings (SSSR count). The minimum absolute atomic E-state index is 0.122. The van der Waals surface area contributed by atoms with Gasteiger partial charge in [0.1, 0.15) is 0 Å². The normalized spacial score (nSPS) is 12.1. The molecule has 0 aliphatic rings. The van der Waals surface area contributed by atoms with Crippen LogP contribution in [0.4, 0.5) is 5.69 Å². The molecule has 7 nitrogen and oxygen atoms in total. The Morgan fingerprint density at radius 3 is 1.92 bits per heavy atom. The van der Waals surface area contributed by atoms with E-state index in [-0.39, 0.29) is 5.69 Å². The van der Waals surface area contributed by atoms with E-state index in [1.165, 1.54) is 5.56 Å². The number of anilines is 1. The Morgan fingerprint density at radius 1 is 0.649 bits per heavy atom. The van der Waals surface area contributed by atoms with Gasteiger partial charge in [-0.3, -0.25) is 9.88 Å². The number of aryl methyl sites for hydroxylation is 2. The number of hydrogen-bond donors (Lipinski definition) is 0. The molecule has 0 saturated carbocycles. The number of unbranched alkanes of at least 4 members (excludes halogenated alkanes) is 2. The van der Waals surface area contributed by atoms with Gasteiger partial charge in [0.15, 0.2) is 0 Å². The van der Waals surface area contributed by atoms with E-state index in [1.807, 2.05) is 30.5 Å². The molecule has 0 N–H and O–H groups in total. The van der Waals surface area contributed by atoms with E-state index < -0.39 is 20.0 Å². The molecule has 1 heterocycles. The number of hydrogen-bond acceptors (Lipinski definition) is 6. The molecule has 1 aromatic heterocycles. The number of aromatic nitrogens is 1. The van der Waals surface area contributed by atoms with Gasteiger partial charge in [-0.1, -0.05) is 55.0 Å². The lowest BCUT2D eigenvalue weighted by Crippen LogP contribution is -2.35. The summed E-state index contributed by atoms with van der Waals surface area (Å²) < 4.78 is 48.8. The van der Waals surface area contributed by atoms with Crippen molar-refractivity contribution in [2.24, 2.45) is 0 Å². The van der Waals surface area contributed by atoms with Gasteiger partial charge in [0.05, 0.1) is 18.2 Å². The number of benzene rings is 2. The first-order valence-electron chi connectivity index (χ1n) is 12.6. The van der Waals surface area contributed by atoms with E-state index in [0.29, 0.717) is 10.3 Å². The van der Waals surface area contributed by atoms with Gasteiger partial charge >= 0.3 is 0 Å². The lowest BCUT2D eigenvalue weighted by atomic mass is 10.1. The highest BCUT2D eigenvalue weighted by atomic mass is 32.3. The van der Waals surface area contributed by atoms with Gasteiger partial charge in [-0.05, 0) is 80.6 Å². The first-order chi connectivity index (χ1) is 17.6. The monoisotopic (exact) mass is 543 g/mol. The third-order valence-electron chi connectivity index (χ3n) is 6.07. The van der Waals surface area contributed by atoms with E-state index in [0.717, 1.165) is 75.4 Å². The zero-order valence-corrected chi connectivity index (χ0v) is 23.3. The highest BCUT2D eigenvalue weighted by molar-refractivity contribution is 8.09. The molecule has 37 heavy (non-hydrogen) atoms. The second-order valence-corrected chi connectivity index (χ2v) is 13.3. The van der Waals surface area contributed by atoms with Gasteiger partial charge in [-0.15, -0.1) is 0 Å². The molecule has 200 valence electrons. The maximum absolute atomic E-state index is 12.1. The number of nitrogens with zero attached hydrogens (tertiary/aromatic N) is 3. The van der Waals surface area contributed by atoms with Crippen LogP contribution in [0.1, 0.15) is 42.5 Å². The number of pyridine rings is 1. The molecule has 0 unspecified atom stereocenters. The van der Waals surface area contributed by atoms with Crippen LogP contribution in [0, 0.1) is 0 Å². The minimum Gasteiger partial charge on any atom is -0.299 e. The molecule has 0 aliphatic heterocycles. The van der Waals surface area contributed by atoms with E-state index in [9.17, 15) is 16.8 Å². The van der Waals surface area contributed by atoms with Gasteiger partial charge in [0, 0.05) is 18.4 Å². The maximum atomic E-state index is 12.1. The zero-order chi connectivity index (χ0) is 26.7. The van der Waals surface area contributed by atoms with Crippen LogP contribution in [-0.2, 0) is 39.4 Å². The summed E-state index contributed by atoms with van der Waals surface area (Å²) in [5.41, 5.74) is 3.58. The largest absolute Gasteiger partial charge is 0.299 e. The second-order valence-electron chi connectivity index (χ2n) is 9.39. The Bertz CT molecular complexity index is 1270. The lowest BCUT2D eigenvalue weighted by Gasteiger charge is -2.23. The van der Waals surface area contributed by atoms with Crippen LogP contribution in [-0.4, -0.2) is 52.3 Å². The summed E-state index contributed by atoms with van der Waals surface area (Å²) in [7, 11) is -7.92. The summed E-state index contributed by atoms with van der Waals surface area (Å²) in [5.74, 6) is 0. The van der Waals surface area contributed by atoms with Crippen molar-refractivity contribution in [3.8, 4) is 0 Å². The topological polar surface area (TPSA) is 87.7 Å². The summed E-state index contributed by atoms with van der Waals surface area (Å²) in [6.07, 6.45) is 9.94. The van der Waals surface area contributed by atoms with Crippen LogP contribution in [0.25, 0.3) is 0 Å². The Morgan fingerprint density at radius 2 is 1.30 bits per heavy atom. The predicted octanol–water partition coefficient (Wildman–Crippen LogP) is 4.66. The summed E-state index contributed by atoms with van der Waals surface area (Å²) in [4.78, 5) is 6.83. The van der Waals surface area contributed by atoms with Crippen molar-refractivity contribution in [1.29, 1.82) is 0 Å². The van der Waals surface area contributed by atoms with Gasteiger partial charge in [-0.2, -0.15) is 3.71 Å². The average Bonchev–Trinajstić information content (AvgIpc) is 2.84. The SMILES string of the molecule is CS(=O)(=O)N(c1ccc(CN(CCCCCc2ccccc2)CCCc2ccccn2)cc1)S(C)(=O)=O. The molecule has 2 aromatic carbocycles. The van der Waals surface area contributed by atoms with Crippen LogP contribution in [0.5, 0.6) is 0 Å². The van der Waals surface area contributed by atoms with Crippen LogP contribution < -0.4 is 3.71 Å². The van der Waals surface area contributed by atoms with Crippen molar-refractivity contribution in [2.45, 2.75) is 45.1 Å². The van der Waals surface area contributed by atoms with E-state index >= 15 is 0 Å². The highest BCUT2D eigenvalue weighted by Crippen LogP contribution is 2.22. The van der Waals surface area contributed by atoms with Crippen molar-refractivity contribution in [3.05, 3.63) is 95.8 Å². The Labute approximate surface area is 222 Å². The van der Waals surface area contributed by atoms with Crippen molar-refractivity contribution >= 4 is 25.7 Å². The predicted molar refractivity (Wildman–Crippen MR) is 150 cm³/mol. The Kier molecular flexibility index (Phi) is 10.7. The summed E-state index contributed by atoms with van der Waals surface area (Å²) in [6, 6.07) is 23.2. The molecule has 0 radical (unpaired) electrons. The lowest BCUT2D eigenvalue weighted by molar-refractivity contribution is 0.255. The minimum atomic E-state index is -3.96. The third kappa shape index (κ3) is 9.91. The molecule has 9 heteroatoms. The Hall–Kier alpha value is -2.75. The first kappa shape index (κ1) is 28.8. The fourth-order valence-electron chi connectivity index (χ4n) is 4.40. The third-order valence-corrected chi connectivity index (χ3v) is 9.32. The van der Waals surface area contributed by atoms with E-state index in [1.54, 1.807) is 24.3 Å². The van der Waals surface area contributed by atoms with E-state index in [4.69, 9.17) is 0 Å². The molecule has 0 bridgehead atoms. The zero-order valence-electron chi connectivity index (χ0n) is 21.7. The van der Waals surface area contributed by atoms with Crippen LogP contribution in [0.3, 0.4) is 0 Å². The first-order valence-corrected chi connectivity index (χ1v) is 16.3. The second kappa shape index (κ2) is 13.7. The van der Waals surface area contributed by atoms with Gasteiger partial charge in [-0.25, -0.2) is 16.8 Å². The van der Waals surface area contributed by atoms with E-state index in [2.05, 4.69) is 34.1 Å². The standard InChI is InChI=1S/C28H37N3O4S2/c1-36(32,33)31(37(2,34)35)28-19-17-26(18-20-28)24-30(23-11-16-27-15-8-9-21-29-27)22-10-4-7-14-25-12-5-3-6-13-25/h3,5-6,8-9,12-13,15,17-21H,4,7,10-11,14,16,22-24H2,1-2H3. The van der Waals surface area contributed by atoms with Gasteiger partial charge in [0.25, 0.3) is 0 Å². The quantitative estimate of drug-likeness (QED) is 0.259. The van der Waals surface area contributed by atoms with Gasteiger partial charge < -0.3 is 0 Å². The van der Waals surface area contributed by atoms with Crippen LogP contribution >= 0.6 is 0 Å². The molecular weight excluding hydrogens is 506 g/mol. The molecule has 0 aliphatic carbocycles.